The van der Waals surface area contributed by atoms with Gasteiger partial charge in [-0.2, -0.15) is 10.5 Å². The number of benzene rings is 2. The van der Waals surface area contributed by atoms with E-state index in [9.17, 15) is 0 Å². The predicted molar refractivity (Wildman–Crippen MR) is 111 cm³/mol. The van der Waals surface area contributed by atoms with Crippen LogP contribution >= 0.6 is 11.6 Å². The topological polar surface area (TPSA) is 89.7 Å². The molecule has 0 N–H and O–H groups in total. The van der Waals surface area contributed by atoms with Crippen molar-refractivity contribution in [2.45, 2.75) is 32.7 Å². The molecule has 0 aliphatic carbocycles. The first-order chi connectivity index (χ1) is 14.1. The Hall–Kier alpha value is -3.35. The molecule has 1 aliphatic heterocycles. The van der Waals surface area contributed by atoms with E-state index in [-0.39, 0.29) is 0 Å². The lowest BCUT2D eigenvalue weighted by molar-refractivity contribution is 0.568. The highest BCUT2D eigenvalue weighted by Crippen LogP contribution is 2.36. The van der Waals surface area contributed by atoms with Crippen LogP contribution in [0.5, 0.6) is 0 Å². The molecule has 1 aliphatic rings. The number of nitrogens with zero attached hydrogens (tertiary/aromatic N) is 5. The van der Waals surface area contributed by atoms with Crippen LogP contribution in [0.15, 0.2) is 47.2 Å². The highest BCUT2D eigenvalue weighted by molar-refractivity contribution is 6.33. The molecule has 4 rings (SSSR count). The Morgan fingerprint density at radius 2 is 1.93 bits per heavy atom. The van der Waals surface area contributed by atoms with Crippen LogP contribution in [0.2, 0.25) is 5.02 Å². The monoisotopic (exact) mass is 405 g/mol. The van der Waals surface area contributed by atoms with Gasteiger partial charge in [0.15, 0.2) is 0 Å². The van der Waals surface area contributed by atoms with Gasteiger partial charge in [-0.15, -0.1) is 10.2 Å². The van der Waals surface area contributed by atoms with Crippen molar-refractivity contribution in [2.24, 2.45) is 0 Å². The first-order valence-corrected chi connectivity index (χ1v) is 9.71. The van der Waals surface area contributed by atoms with Gasteiger partial charge in [0, 0.05) is 23.8 Å². The van der Waals surface area contributed by atoms with E-state index >= 15 is 0 Å². The van der Waals surface area contributed by atoms with E-state index in [0.29, 0.717) is 28.1 Å². The van der Waals surface area contributed by atoms with Crippen molar-refractivity contribution in [1.82, 2.24) is 10.2 Å². The summed E-state index contributed by atoms with van der Waals surface area (Å²) in [5, 5.41) is 25.4. The van der Waals surface area contributed by atoms with Crippen LogP contribution in [0.3, 0.4) is 0 Å². The van der Waals surface area contributed by atoms with Gasteiger partial charge in [-0.1, -0.05) is 18.5 Å². The molecule has 2 aromatic carbocycles. The van der Waals surface area contributed by atoms with Crippen molar-refractivity contribution >= 4 is 17.3 Å². The van der Waals surface area contributed by atoms with E-state index in [1.807, 2.05) is 18.2 Å². The van der Waals surface area contributed by atoms with Crippen molar-refractivity contribution in [2.75, 3.05) is 11.4 Å². The molecule has 0 amide bonds. The van der Waals surface area contributed by atoms with Gasteiger partial charge in [0.2, 0.25) is 12.3 Å². The van der Waals surface area contributed by atoms with E-state index in [1.165, 1.54) is 12.1 Å². The minimum atomic E-state index is 0.462. The first-order valence-electron chi connectivity index (χ1n) is 9.33. The van der Waals surface area contributed by atoms with E-state index in [1.54, 1.807) is 24.3 Å². The number of halogens is 1. The molecule has 3 aromatic rings. The summed E-state index contributed by atoms with van der Waals surface area (Å²) >= 11 is 6.22. The average molecular weight is 406 g/mol. The lowest BCUT2D eigenvalue weighted by atomic mass is 10.1. The molecule has 1 unspecified atom stereocenters. The highest BCUT2D eigenvalue weighted by atomic mass is 35.5. The predicted octanol–water partition coefficient (Wildman–Crippen LogP) is 4.98. The van der Waals surface area contributed by atoms with Crippen molar-refractivity contribution in [3.63, 3.8) is 0 Å². The third-order valence-corrected chi connectivity index (χ3v) is 5.43. The Bertz CT molecular complexity index is 1050. The molecule has 1 aromatic heterocycles. The summed E-state index contributed by atoms with van der Waals surface area (Å²) < 4.78 is 4.99. The van der Waals surface area contributed by atoms with Crippen LogP contribution in [-0.4, -0.2) is 22.8 Å². The van der Waals surface area contributed by atoms with E-state index in [2.05, 4.69) is 35.0 Å². The van der Waals surface area contributed by atoms with Crippen LogP contribution in [-0.2, 0) is 6.42 Å². The molecule has 0 bridgehead atoms. The minimum absolute atomic E-state index is 0.462. The first kappa shape index (κ1) is 20.4. The van der Waals surface area contributed by atoms with E-state index in [4.69, 9.17) is 26.5 Å². The Kier molecular flexibility index (Phi) is 6.49. The number of rotatable bonds is 3. The summed E-state index contributed by atoms with van der Waals surface area (Å²) in [5.74, 6) is 0.462. The fourth-order valence-electron chi connectivity index (χ4n) is 3.22. The largest absolute Gasteiger partial charge is 0.423 e. The van der Waals surface area contributed by atoms with Crippen molar-refractivity contribution in [1.29, 1.82) is 10.5 Å². The van der Waals surface area contributed by atoms with Crippen molar-refractivity contribution in [3.05, 3.63) is 64.5 Å². The minimum Gasteiger partial charge on any atom is -0.423 e. The van der Waals surface area contributed by atoms with Gasteiger partial charge in [-0.25, -0.2) is 0 Å². The van der Waals surface area contributed by atoms with Crippen LogP contribution < -0.4 is 4.90 Å². The quantitative estimate of drug-likeness (QED) is 0.610. The molecular weight excluding hydrogens is 386 g/mol. The van der Waals surface area contributed by atoms with Gasteiger partial charge in [-0.3, -0.25) is 0 Å². The van der Waals surface area contributed by atoms with Crippen molar-refractivity contribution in [3.8, 4) is 23.6 Å². The molecule has 0 saturated carbocycles. The van der Waals surface area contributed by atoms with Crippen LogP contribution in [0.4, 0.5) is 5.69 Å². The summed E-state index contributed by atoms with van der Waals surface area (Å²) in [6.07, 6.45) is 3.35. The Morgan fingerprint density at radius 1 is 1.17 bits per heavy atom. The molecule has 6 nitrogen and oxygen atoms in total. The summed E-state index contributed by atoms with van der Waals surface area (Å²) in [4.78, 5) is 2.38. The van der Waals surface area contributed by atoms with Crippen LogP contribution in [0, 0.1) is 22.7 Å². The zero-order chi connectivity index (χ0) is 20.8. The van der Waals surface area contributed by atoms with E-state index < -0.39 is 0 Å². The van der Waals surface area contributed by atoms with Gasteiger partial charge in [0.1, 0.15) is 6.07 Å². The van der Waals surface area contributed by atoms with Gasteiger partial charge < -0.3 is 9.32 Å². The normalized spacial score (nSPS) is 12.9. The summed E-state index contributed by atoms with van der Waals surface area (Å²) in [6, 6.07) is 15.5. The lowest BCUT2D eigenvalue weighted by Gasteiger charge is -2.26. The second kappa shape index (κ2) is 9.23. The molecule has 29 heavy (non-hydrogen) atoms. The van der Waals surface area contributed by atoms with Gasteiger partial charge >= 0.3 is 0 Å². The van der Waals surface area contributed by atoms with Gasteiger partial charge in [-0.05, 0) is 61.7 Å². The van der Waals surface area contributed by atoms with Crippen molar-refractivity contribution < 1.29 is 4.42 Å². The smallest absolute Gasteiger partial charge is 0.247 e. The molecule has 7 heteroatoms. The molecule has 0 fully saturated rings. The lowest BCUT2D eigenvalue weighted by Crippen LogP contribution is -2.30. The SMILES string of the molecule is CCC(C)N1CCc2c1ccc(C#N)c2Cl.N#Cc1ccc(-c2nnco2)cc1. The summed E-state index contributed by atoms with van der Waals surface area (Å²) in [5.41, 5.74) is 4.37. The Balaban J connectivity index is 0.000000169. The standard InChI is InChI=1S/C13H15ClN2.C9H5N3O/c1-3-9(2)16-7-6-11-12(16)5-4-10(8-15)13(11)14;10-5-7-1-3-8(4-2-7)9-12-11-6-13-9/h4-5,9H,3,6-7H2,1-2H3;1-4,6H. The number of hydrogen-bond acceptors (Lipinski definition) is 6. The molecule has 2 heterocycles. The number of hydrogen-bond donors (Lipinski definition) is 0. The third-order valence-electron chi connectivity index (χ3n) is 4.99. The fourth-order valence-corrected chi connectivity index (χ4v) is 3.52. The van der Waals surface area contributed by atoms with Crippen LogP contribution in [0.1, 0.15) is 37.0 Å². The summed E-state index contributed by atoms with van der Waals surface area (Å²) in [7, 11) is 0. The van der Waals surface area contributed by atoms with E-state index in [0.717, 1.165) is 30.5 Å². The summed E-state index contributed by atoms with van der Waals surface area (Å²) in [6.45, 7) is 5.42. The average Bonchev–Trinajstić information content (AvgIpc) is 3.45. The molecule has 0 spiro atoms. The second-order valence-corrected chi connectivity index (χ2v) is 7.05. The zero-order valence-corrected chi connectivity index (χ0v) is 17.0. The molecular formula is C22H20ClN5O. The molecule has 0 saturated heterocycles. The number of aromatic nitrogens is 2. The molecule has 0 radical (unpaired) electrons. The maximum Gasteiger partial charge on any atom is 0.247 e. The highest BCUT2D eigenvalue weighted by Gasteiger charge is 2.25. The number of anilines is 1. The fraction of sp³-hybridized carbons (Fsp3) is 0.273. The zero-order valence-electron chi connectivity index (χ0n) is 16.3. The molecule has 146 valence electrons. The van der Waals surface area contributed by atoms with Gasteiger partial charge in [0.05, 0.1) is 22.2 Å². The maximum atomic E-state index is 8.92. The molecule has 1 atom stereocenters. The second-order valence-electron chi connectivity index (χ2n) is 6.67. The number of nitriles is 2. The third kappa shape index (κ3) is 4.39. The number of fused-ring (bicyclic) bond motifs is 1. The Labute approximate surface area is 175 Å². The van der Waals surface area contributed by atoms with Gasteiger partial charge in [0.25, 0.3) is 0 Å². The maximum absolute atomic E-state index is 8.92. The Morgan fingerprint density at radius 3 is 2.52 bits per heavy atom. The van der Waals surface area contributed by atoms with Crippen LogP contribution in [0.25, 0.3) is 11.5 Å².